The summed E-state index contributed by atoms with van der Waals surface area (Å²) < 4.78 is 0. The number of likely N-dealkylation sites (tertiary alicyclic amines) is 1. The lowest BCUT2D eigenvalue weighted by molar-refractivity contribution is 0.0765. The van der Waals surface area contributed by atoms with E-state index in [0.29, 0.717) is 25.2 Å². The Hall–Kier alpha value is -0.970. The van der Waals surface area contributed by atoms with Crippen molar-refractivity contribution in [2.45, 2.75) is 12.5 Å². The number of nitrogens with two attached hydrogens (primary N) is 1. The predicted octanol–water partition coefficient (Wildman–Crippen LogP) is 1.78. The molecule has 1 aromatic rings. The molecular weight excluding hydrogens is 263 g/mol. The van der Waals surface area contributed by atoms with Gasteiger partial charge in [0.2, 0.25) is 0 Å². The van der Waals surface area contributed by atoms with E-state index in [0.717, 1.165) is 0 Å². The number of rotatable bonds is 1. The van der Waals surface area contributed by atoms with E-state index in [1.54, 1.807) is 4.90 Å². The highest BCUT2D eigenvalue weighted by atomic mass is 35.5. The molecule has 1 aliphatic rings. The monoisotopic (exact) mass is 274 g/mol. The minimum absolute atomic E-state index is 0.201. The van der Waals surface area contributed by atoms with Crippen LogP contribution in [-0.2, 0) is 0 Å². The average Bonchev–Trinajstić information content (AvgIpc) is 2.69. The number of hydrogen-bond donors (Lipinski definition) is 2. The van der Waals surface area contributed by atoms with E-state index in [2.05, 4.69) is 0 Å². The van der Waals surface area contributed by atoms with Crippen molar-refractivity contribution >= 4 is 34.8 Å². The largest absolute Gasteiger partial charge is 0.399 e. The Morgan fingerprint density at radius 2 is 2.18 bits per heavy atom. The number of carbonyl (C=O) groups excluding carboxylic acids is 1. The Kier molecular flexibility index (Phi) is 3.47. The minimum Gasteiger partial charge on any atom is -0.399 e. The summed E-state index contributed by atoms with van der Waals surface area (Å²) in [5, 5.41) is 9.86. The molecule has 1 fully saturated rings. The van der Waals surface area contributed by atoms with Gasteiger partial charge in [0.05, 0.1) is 21.7 Å². The van der Waals surface area contributed by atoms with Crippen LogP contribution in [0.2, 0.25) is 10.0 Å². The van der Waals surface area contributed by atoms with E-state index in [4.69, 9.17) is 28.9 Å². The van der Waals surface area contributed by atoms with Crippen LogP contribution >= 0.6 is 23.2 Å². The number of aliphatic hydroxyl groups is 1. The Balaban J connectivity index is 2.31. The molecule has 0 aromatic heterocycles. The van der Waals surface area contributed by atoms with Crippen molar-refractivity contribution in [1.82, 2.24) is 4.90 Å². The van der Waals surface area contributed by atoms with Crippen molar-refractivity contribution in [2.24, 2.45) is 0 Å². The number of β-amino-alcohol motifs (C(OH)–C–C–N with tert-alkyl or cyclic N) is 1. The summed E-state index contributed by atoms with van der Waals surface area (Å²) in [6.45, 7) is 0.838. The Morgan fingerprint density at radius 1 is 1.47 bits per heavy atom. The fourth-order valence-electron chi connectivity index (χ4n) is 1.86. The molecule has 1 heterocycles. The van der Waals surface area contributed by atoms with Gasteiger partial charge in [-0.25, -0.2) is 0 Å². The first-order valence-corrected chi connectivity index (χ1v) is 5.96. The van der Waals surface area contributed by atoms with Crippen LogP contribution in [0.4, 0.5) is 5.69 Å². The summed E-state index contributed by atoms with van der Waals surface area (Å²) in [5.41, 5.74) is 6.30. The molecule has 0 saturated carbocycles. The highest BCUT2D eigenvalue weighted by Gasteiger charge is 2.27. The molecule has 0 spiro atoms. The van der Waals surface area contributed by atoms with Crippen LogP contribution in [0.25, 0.3) is 0 Å². The Bertz CT molecular complexity index is 465. The van der Waals surface area contributed by atoms with E-state index >= 15 is 0 Å². The lowest BCUT2D eigenvalue weighted by Gasteiger charge is -2.17. The molecule has 3 N–H and O–H groups in total. The van der Waals surface area contributed by atoms with Crippen molar-refractivity contribution in [3.63, 3.8) is 0 Å². The second kappa shape index (κ2) is 4.72. The smallest absolute Gasteiger partial charge is 0.255 e. The molecule has 1 aromatic carbocycles. The second-order valence-corrected chi connectivity index (χ2v) is 4.84. The summed E-state index contributed by atoms with van der Waals surface area (Å²) in [4.78, 5) is 13.7. The van der Waals surface area contributed by atoms with E-state index in [1.165, 1.54) is 12.1 Å². The van der Waals surface area contributed by atoms with Crippen molar-refractivity contribution in [2.75, 3.05) is 18.8 Å². The van der Waals surface area contributed by atoms with E-state index < -0.39 is 6.10 Å². The third-order valence-electron chi connectivity index (χ3n) is 2.73. The molecule has 17 heavy (non-hydrogen) atoms. The number of halogens is 2. The maximum atomic E-state index is 12.1. The van der Waals surface area contributed by atoms with Crippen LogP contribution in [0, 0.1) is 0 Å². The van der Waals surface area contributed by atoms with Gasteiger partial charge in [-0.05, 0) is 18.6 Å². The van der Waals surface area contributed by atoms with Gasteiger partial charge in [0.1, 0.15) is 0 Å². The molecule has 0 bridgehead atoms. The Labute approximate surface area is 109 Å². The molecule has 1 amide bonds. The molecule has 0 unspecified atom stereocenters. The average molecular weight is 275 g/mol. The second-order valence-electron chi connectivity index (χ2n) is 4.06. The molecule has 6 heteroatoms. The molecule has 0 aliphatic carbocycles. The Morgan fingerprint density at radius 3 is 2.76 bits per heavy atom. The summed E-state index contributed by atoms with van der Waals surface area (Å²) in [6, 6.07) is 3.00. The van der Waals surface area contributed by atoms with Crippen molar-refractivity contribution < 1.29 is 9.90 Å². The van der Waals surface area contributed by atoms with Gasteiger partial charge in [0, 0.05) is 18.8 Å². The molecule has 1 aliphatic heterocycles. The quantitative estimate of drug-likeness (QED) is 0.768. The minimum atomic E-state index is -0.464. The molecule has 1 atom stereocenters. The van der Waals surface area contributed by atoms with E-state index in [-0.39, 0.29) is 21.5 Å². The number of amides is 1. The maximum absolute atomic E-state index is 12.1. The number of anilines is 1. The number of hydrogen-bond acceptors (Lipinski definition) is 3. The van der Waals surface area contributed by atoms with Crippen LogP contribution in [0.3, 0.4) is 0 Å². The van der Waals surface area contributed by atoms with Gasteiger partial charge in [0.15, 0.2) is 0 Å². The highest BCUT2D eigenvalue weighted by Crippen LogP contribution is 2.30. The number of nitrogen functional groups attached to an aromatic ring is 1. The summed E-state index contributed by atoms with van der Waals surface area (Å²) >= 11 is 11.8. The van der Waals surface area contributed by atoms with E-state index in [9.17, 15) is 9.90 Å². The zero-order valence-electron chi connectivity index (χ0n) is 8.99. The first-order valence-electron chi connectivity index (χ1n) is 5.21. The van der Waals surface area contributed by atoms with Crippen LogP contribution in [-0.4, -0.2) is 35.1 Å². The highest BCUT2D eigenvalue weighted by molar-refractivity contribution is 6.44. The van der Waals surface area contributed by atoms with Gasteiger partial charge in [-0.2, -0.15) is 0 Å². The van der Waals surface area contributed by atoms with Crippen LogP contribution in [0.1, 0.15) is 16.8 Å². The zero-order valence-corrected chi connectivity index (χ0v) is 10.5. The predicted molar refractivity (Wildman–Crippen MR) is 67.4 cm³/mol. The first kappa shape index (κ1) is 12.5. The molecule has 0 radical (unpaired) electrons. The maximum Gasteiger partial charge on any atom is 0.255 e. The van der Waals surface area contributed by atoms with Gasteiger partial charge in [-0.15, -0.1) is 0 Å². The number of carbonyl (C=O) groups is 1. The third kappa shape index (κ3) is 2.49. The lowest BCUT2D eigenvalue weighted by Crippen LogP contribution is -2.29. The molecule has 1 saturated heterocycles. The SMILES string of the molecule is Nc1cc(Cl)c(Cl)c(C(=O)N2CC[C@@H](O)C2)c1. The zero-order chi connectivity index (χ0) is 12.6. The molecule has 4 nitrogen and oxygen atoms in total. The van der Waals surface area contributed by atoms with Crippen LogP contribution in [0.15, 0.2) is 12.1 Å². The fraction of sp³-hybridized carbons (Fsp3) is 0.364. The molecular formula is C11H12Cl2N2O2. The summed E-state index contributed by atoms with van der Waals surface area (Å²) in [6.07, 6.45) is 0.119. The fourth-order valence-corrected chi connectivity index (χ4v) is 2.28. The van der Waals surface area contributed by atoms with Gasteiger partial charge in [0.25, 0.3) is 5.91 Å². The van der Waals surface area contributed by atoms with Gasteiger partial charge >= 0.3 is 0 Å². The number of aliphatic hydroxyl groups excluding tert-OH is 1. The van der Waals surface area contributed by atoms with Crippen molar-refractivity contribution in [3.05, 3.63) is 27.7 Å². The summed E-state index contributed by atoms with van der Waals surface area (Å²) in [7, 11) is 0. The van der Waals surface area contributed by atoms with Crippen molar-refractivity contribution in [1.29, 1.82) is 0 Å². The normalized spacial score (nSPS) is 19.7. The standard InChI is InChI=1S/C11H12Cl2N2O2/c12-9-4-6(14)3-8(10(9)13)11(17)15-2-1-7(16)5-15/h3-4,7,16H,1-2,5,14H2/t7-/m1/s1. The third-order valence-corrected chi connectivity index (χ3v) is 3.53. The number of benzene rings is 1. The van der Waals surface area contributed by atoms with Gasteiger partial charge in [-0.3, -0.25) is 4.79 Å². The molecule has 2 rings (SSSR count). The van der Waals surface area contributed by atoms with E-state index in [1.807, 2.05) is 0 Å². The van der Waals surface area contributed by atoms with Crippen molar-refractivity contribution in [3.8, 4) is 0 Å². The van der Waals surface area contributed by atoms with Gasteiger partial charge < -0.3 is 15.7 Å². The topological polar surface area (TPSA) is 66.6 Å². The number of nitrogens with zero attached hydrogens (tertiary/aromatic N) is 1. The van der Waals surface area contributed by atoms with Crippen LogP contribution < -0.4 is 5.73 Å². The lowest BCUT2D eigenvalue weighted by atomic mass is 10.1. The molecule has 92 valence electrons. The summed E-state index contributed by atoms with van der Waals surface area (Å²) in [5.74, 6) is -0.249. The van der Waals surface area contributed by atoms with Gasteiger partial charge in [-0.1, -0.05) is 23.2 Å². The first-order chi connectivity index (χ1) is 7.99. The van der Waals surface area contributed by atoms with Crippen LogP contribution in [0.5, 0.6) is 0 Å².